The molecule has 0 spiro atoms. The first-order chi connectivity index (χ1) is 18.6. The molecule has 2 aromatic rings. The van der Waals surface area contributed by atoms with Gasteiger partial charge in [0.05, 0.1) is 12.5 Å². The summed E-state index contributed by atoms with van der Waals surface area (Å²) in [5.74, 6) is -2.49. The van der Waals surface area contributed by atoms with Gasteiger partial charge in [-0.1, -0.05) is 36.4 Å². The Morgan fingerprint density at radius 3 is 2.10 bits per heavy atom. The Bertz CT molecular complexity index is 1250. The van der Waals surface area contributed by atoms with Crippen LogP contribution in [0.2, 0.25) is 0 Å². The van der Waals surface area contributed by atoms with Crippen LogP contribution < -0.4 is 4.74 Å². The van der Waals surface area contributed by atoms with E-state index in [0.29, 0.717) is 11.3 Å². The van der Waals surface area contributed by atoms with Gasteiger partial charge in [0.15, 0.2) is 12.2 Å². The summed E-state index contributed by atoms with van der Waals surface area (Å²) in [6, 6.07) is 16.4. The van der Waals surface area contributed by atoms with Gasteiger partial charge in [-0.2, -0.15) is 5.26 Å². The number of para-hydroxylation sites is 1. The standard InChI is InChI=1S/C28H29NO10/c1-16(30)34-15-24-25(35-17(2)31)26(36-18(3)32)27(37-19(4)33)28(39-24)38-23-11-6-5-10-22(23)21-9-7-8-20(14-21)12-13-29/h5-11,14,24-28H,12,15H2,1-4H3/t24-,25-,26+,27+,28+/m1/s1. The Hall–Kier alpha value is -4.43. The van der Waals surface area contributed by atoms with Gasteiger partial charge in [-0.25, -0.2) is 0 Å². The highest BCUT2D eigenvalue weighted by Gasteiger charge is 2.53. The summed E-state index contributed by atoms with van der Waals surface area (Å²) in [4.78, 5) is 47.6. The van der Waals surface area contributed by atoms with Gasteiger partial charge in [0, 0.05) is 33.3 Å². The zero-order chi connectivity index (χ0) is 28.5. The molecule has 1 saturated heterocycles. The summed E-state index contributed by atoms with van der Waals surface area (Å²) in [6.45, 7) is 4.27. The lowest BCUT2D eigenvalue weighted by Crippen LogP contribution is -2.63. The van der Waals surface area contributed by atoms with Gasteiger partial charge in [0.2, 0.25) is 12.4 Å². The Morgan fingerprint density at radius 1 is 0.821 bits per heavy atom. The molecule has 0 amide bonds. The van der Waals surface area contributed by atoms with Gasteiger partial charge in [0.1, 0.15) is 18.5 Å². The average molecular weight is 540 g/mol. The minimum atomic E-state index is -1.37. The number of carbonyl (C=O) groups is 4. The van der Waals surface area contributed by atoms with Crippen molar-refractivity contribution in [1.82, 2.24) is 0 Å². The van der Waals surface area contributed by atoms with Gasteiger partial charge in [-0.15, -0.1) is 0 Å². The number of nitrogens with zero attached hydrogens (tertiary/aromatic N) is 1. The summed E-state index contributed by atoms with van der Waals surface area (Å²) >= 11 is 0. The molecular formula is C28H29NO10. The third-order valence-electron chi connectivity index (χ3n) is 5.60. The first kappa shape index (κ1) is 29.1. The zero-order valence-corrected chi connectivity index (χ0v) is 21.9. The van der Waals surface area contributed by atoms with Crippen LogP contribution in [0.1, 0.15) is 33.3 Å². The summed E-state index contributed by atoms with van der Waals surface area (Å²) in [5.41, 5.74) is 2.20. The monoisotopic (exact) mass is 539 g/mol. The number of nitriles is 1. The van der Waals surface area contributed by atoms with E-state index in [0.717, 1.165) is 31.9 Å². The maximum atomic E-state index is 12.1. The third-order valence-corrected chi connectivity index (χ3v) is 5.60. The molecule has 1 aliphatic heterocycles. The van der Waals surface area contributed by atoms with Crippen molar-refractivity contribution < 1.29 is 47.6 Å². The Morgan fingerprint density at radius 2 is 1.46 bits per heavy atom. The molecule has 0 aliphatic carbocycles. The fraction of sp³-hybridized carbons (Fsp3) is 0.393. The van der Waals surface area contributed by atoms with Crippen molar-refractivity contribution in [3.63, 3.8) is 0 Å². The highest BCUT2D eigenvalue weighted by Crippen LogP contribution is 2.35. The smallest absolute Gasteiger partial charge is 0.303 e. The second-order valence-electron chi connectivity index (χ2n) is 8.72. The van der Waals surface area contributed by atoms with Crippen molar-refractivity contribution in [2.75, 3.05) is 6.61 Å². The van der Waals surface area contributed by atoms with Gasteiger partial charge >= 0.3 is 23.9 Å². The molecule has 3 rings (SSSR count). The summed E-state index contributed by atoms with van der Waals surface area (Å²) in [6.07, 6.45) is -6.27. The van der Waals surface area contributed by atoms with E-state index in [4.69, 9.17) is 33.7 Å². The SMILES string of the molecule is CC(=O)OC[C@H]1O[C@H](Oc2ccccc2-c2cccc(CC#N)c2)[C@@H](OC(C)=O)[C@@H](OC(C)=O)[C@@H]1OC(C)=O. The molecule has 0 radical (unpaired) electrons. The molecule has 0 aromatic heterocycles. The van der Waals surface area contributed by atoms with Crippen LogP contribution in [0, 0.1) is 11.3 Å². The lowest BCUT2D eigenvalue weighted by molar-refractivity contribution is -0.288. The van der Waals surface area contributed by atoms with Crippen LogP contribution in [0.25, 0.3) is 11.1 Å². The second kappa shape index (κ2) is 13.4. The molecule has 206 valence electrons. The first-order valence-electron chi connectivity index (χ1n) is 12.1. The number of hydrogen-bond donors (Lipinski definition) is 0. The van der Waals surface area contributed by atoms with Crippen LogP contribution in [0.15, 0.2) is 48.5 Å². The lowest BCUT2D eigenvalue weighted by Gasteiger charge is -2.44. The van der Waals surface area contributed by atoms with Crippen molar-refractivity contribution in [3.8, 4) is 22.9 Å². The average Bonchev–Trinajstić information content (AvgIpc) is 2.86. The maximum absolute atomic E-state index is 12.1. The van der Waals surface area contributed by atoms with Gasteiger partial charge in [-0.3, -0.25) is 19.2 Å². The molecule has 39 heavy (non-hydrogen) atoms. The molecule has 0 N–H and O–H groups in total. The van der Waals surface area contributed by atoms with Crippen LogP contribution in [0.4, 0.5) is 0 Å². The summed E-state index contributed by atoms with van der Waals surface area (Å²) in [7, 11) is 0. The van der Waals surface area contributed by atoms with Crippen molar-refractivity contribution in [1.29, 1.82) is 5.26 Å². The van der Waals surface area contributed by atoms with Gasteiger partial charge < -0.3 is 28.4 Å². The maximum Gasteiger partial charge on any atom is 0.303 e. The summed E-state index contributed by atoms with van der Waals surface area (Å²) in [5, 5.41) is 9.09. The van der Waals surface area contributed by atoms with Crippen LogP contribution in [-0.4, -0.2) is 61.2 Å². The van der Waals surface area contributed by atoms with Crippen molar-refractivity contribution in [2.24, 2.45) is 0 Å². The minimum Gasteiger partial charge on any atom is -0.463 e. The lowest BCUT2D eigenvalue weighted by atomic mass is 9.97. The molecule has 0 unspecified atom stereocenters. The quantitative estimate of drug-likeness (QED) is 0.342. The Kier molecular flexibility index (Phi) is 10.0. The molecular weight excluding hydrogens is 510 g/mol. The van der Waals surface area contributed by atoms with Crippen LogP contribution in [0.5, 0.6) is 5.75 Å². The molecule has 5 atom stereocenters. The minimum absolute atomic E-state index is 0.219. The van der Waals surface area contributed by atoms with Crippen LogP contribution in [0.3, 0.4) is 0 Å². The van der Waals surface area contributed by atoms with E-state index in [2.05, 4.69) is 6.07 Å². The molecule has 2 aromatic carbocycles. The van der Waals surface area contributed by atoms with Crippen molar-refractivity contribution in [3.05, 3.63) is 54.1 Å². The largest absolute Gasteiger partial charge is 0.463 e. The predicted octanol–water partition coefficient (Wildman–Crippen LogP) is 2.88. The predicted molar refractivity (Wildman–Crippen MR) is 134 cm³/mol. The number of hydrogen-bond acceptors (Lipinski definition) is 11. The van der Waals surface area contributed by atoms with Crippen LogP contribution in [-0.2, 0) is 49.3 Å². The summed E-state index contributed by atoms with van der Waals surface area (Å²) < 4.78 is 33.7. The molecule has 1 heterocycles. The van der Waals surface area contributed by atoms with Gasteiger partial charge in [-0.05, 0) is 23.3 Å². The van der Waals surface area contributed by atoms with E-state index in [9.17, 15) is 19.2 Å². The normalized spacial score (nSPS) is 22.1. The van der Waals surface area contributed by atoms with E-state index in [1.54, 1.807) is 24.3 Å². The highest BCUT2D eigenvalue weighted by atomic mass is 16.7. The molecule has 0 saturated carbocycles. The van der Waals surface area contributed by atoms with E-state index >= 15 is 0 Å². The van der Waals surface area contributed by atoms with E-state index < -0.39 is 54.6 Å². The van der Waals surface area contributed by atoms with Gasteiger partial charge in [0.25, 0.3) is 0 Å². The topological polar surface area (TPSA) is 147 Å². The molecule has 1 fully saturated rings. The molecule has 0 bridgehead atoms. The fourth-order valence-electron chi connectivity index (χ4n) is 4.16. The van der Waals surface area contributed by atoms with Crippen molar-refractivity contribution in [2.45, 2.75) is 64.8 Å². The van der Waals surface area contributed by atoms with Crippen LogP contribution >= 0.6 is 0 Å². The Labute approximate surface area is 225 Å². The van der Waals surface area contributed by atoms with Crippen molar-refractivity contribution >= 4 is 23.9 Å². The zero-order valence-electron chi connectivity index (χ0n) is 21.9. The molecule has 1 aliphatic rings. The fourth-order valence-corrected chi connectivity index (χ4v) is 4.16. The number of benzene rings is 2. The van der Waals surface area contributed by atoms with E-state index in [1.807, 2.05) is 24.3 Å². The third kappa shape index (κ3) is 8.02. The Balaban J connectivity index is 2.05. The van der Waals surface area contributed by atoms with E-state index in [1.165, 1.54) is 6.92 Å². The number of carbonyl (C=O) groups excluding carboxylic acids is 4. The number of rotatable bonds is 9. The molecule has 11 heteroatoms. The first-order valence-corrected chi connectivity index (χ1v) is 12.1. The molecule has 11 nitrogen and oxygen atoms in total. The number of esters is 4. The van der Waals surface area contributed by atoms with E-state index in [-0.39, 0.29) is 13.0 Å². The highest BCUT2D eigenvalue weighted by molar-refractivity contribution is 5.71. The second-order valence-corrected chi connectivity index (χ2v) is 8.72. The number of ether oxygens (including phenoxy) is 6.